The van der Waals surface area contributed by atoms with Gasteiger partial charge in [-0.3, -0.25) is 14.5 Å². The number of pyridine rings is 1. The summed E-state index contributed by atoms with van der Waals surface area (Å²) < 4.78 is 6.07. The highest BCUT2D eigenvalue weighted by molar-refractivity contribution is 9.10. The summed E-state index contributed by atoms with van der Waals surface area (Å²) in [6.45, 7) is 0. The molecule has 0 N–H and O–H groups in total. The van der Waals surface area contributed by atoms with Crippen LogP contribution in [0.1, 0.15) is 37.2 Å². The van der Waals surface area contributed by atoms with E-state index in [2.05, 4.69) is 20.9 Å². The van der Waals surface area contributed by atoms with Gasteiger partial charge in [-0.05, 0) is 58.6 Å². The Bertz CT molecular complexity index is 919. The second kappa shape index (κ2) is 7.27. The van der Waals surface area contributed by atoms with Crippen molar-refractivity contribution in [1.82, 2.24) is 4.98 Å². The highest BCUT2D eigenvalue weighted by Crippen LogP contribution is 2.43. The third-order valence-corrected chi connectivity index (χ3v) is 5.60. The van der Waals surface area contributed by atoms with Gasteiger partial charge in [0.1, 0.15) is 11.6 Å². The van der Waals surface area contributed by atoms with E-state index in [1.807, 2.05) is 30.3 Å². The number of benzene rings is 1. The van der Waals surface area contributed by atoms with Crippen LogP contribution in [0.25, 0.3) is 0 Å². The van der Waals surface area contributed by atoms with Crippen molar-refractivity contribution < 1.29 is 14.3 Å². The number of allylic oxidation sites excluding steroid dienone is 2. The fourth-order valence-electron chi connectivity index (χ4n) is 3.88. The van der Waals surface area contributed by atoms with Gasteiger partial charge < -0.3 is 4.74 Å². The van der Waals surface area contributed by atoms with E-state index in [1.54, 1.807) is 24.3 Å². The number of ketones is 1. The highest BCUT2D eigenvalue weighted by atomic mass is 79.9. The number of nitrogens with zero attached hydrogens (tertiary/aromatic N) is 2. The van der Waals surface area contributed by atoms with Gasteiger partial charge in [0.15, 0.2) is 5.78 Å². The van der Waals surface area contributed by atoms with E-state index < -0.39 is 0 Å². The van der Waals surface area contributed by atoms with Crippen LogP contribution in [0, 0.1) is 0 Å². The third-order valence-electron chi connectivity index (χ3n) is 5.13. The molecule has 5 nitrogen and oxygen atoms in total. The standard InChI is InChI=1S/C21H19BrN2O3/c1-27-15-8-5-13(6-9-15)16-11-20(26)24(19-10-7-14(22)12-23-19)17-3-2-4-18(25)21(16)17/h5-10,12,16H,2-4,11H2,1H3. The van der Waals surface area contributed by atoms with Crippen molar-refractivity contribution in [2.75, 3.05) is 12.0 Å². The minimum atomic E-state index is -0.210. The first-order chi connectivity index (χ1) is 13.1. The van der Waals surface area contributed by atoms with E-state index in [1.165, 1.54) is 0 Å². The summed E-state index contributed by atoms with van der Waals surface area (Å²) in [5, 5.41) is 0. The molecule has 0 saturated heterocycles. The monoisotopic (exact) mass is 426 g/mol. The van der Waals surface area contributed by atoms with Crippen LogP contribution in [-0.4, -0.2) is 23.8 Å². The highest BCUT2D eigenvalue weighted by Gasteiger charge is 2.40. The van der Waals surface area contributed by atoms with Crippen LogP contribution in [0.2, 0.25) is 0 Å². The molecule has 1 aromatic heterocycles. The Labute approximate surface area is 166 Å². The number of rotatable bonds is 3. The van der Waals surface area contributed by atoms with Crippen molar-refractivity contribution >= 4 is 33.4 Å². The number of Topliss-reactive ketones (excluding diaryl/α,β-unsaturated/α-hetero) is 1. The lowest BCUT2D eigenvalue weighted by Crippen LogP contribution is -2.41. The fourth-order valence-corrected chi connectivity index (χ4v) is 4.11. The molecule has 2 aliphatic rings. The van der Waals surface area contributed by atoms with Crippen LogP contribution in [0.3, 0.4) is 0 Å². The first-order valence-corrected chi connectivity index (χ1v) is 9.72. The molecule has 0 fully saturated rings. The average Bonchev–Trinajstić information content (AvgIpc) is 2.69. The number of halogens is 1. The molecule has 1 atom stereocenters. The van der Waals surface area contributed by atoms with Gasteiger partial charge >= 0.3 is 0 Å². The van der Waals surface area contributed by atoms with Crippen molar-refractivity contribution in [2.45, 2.75) is 31.6 Å². The zero-order chi connectivity index (χ0) is 19.0. The van der Waals surface area contributed by atoms with Gasteiger partial charge in [0, 0.05) is 40.7 Å². The van der Waals surface area contributed by atoms with Crippen LogP contribution in [-0.2, 0) is 9.59 Å². The van der Waals surface area contributed by atoms with Crippen molar-refractivity contribution in [2.24, 2.45) is 0 Å². The molecule has 6 heteroatoms. The molecular weight excluding hydrogens is 408 g/mol. The van der Waals surface area contributed by atoms with E-state index in [9.17, 15) is 9.59 Å². The molecular formula is C21H19BrN2O3. The molecule has 2 aromatic rings. The van der Waals surface area contributed by atoms with Gasteiger partial charge in [0.25, 0.3) is 0 Å². The van der Waals surface area contributed by atoms with E-state index in [-0.39, 0.29) is 24.0 Å². The predicted molar refractivity (Wildman–Crippen MR) is 106 cm³/mol. The Hall–Kier alpha value is -2.47. The molecule has 1 aliphatic heterocycles. The fraction of sp³-hybridized carbons (Fsp3) is 0.286. The summed E-state index contributed by atoms with van der Waals surface area (Å²) in [6, 6.07) is 11.3. The molecule has 1 aliphatic carbocycles. The molecule has 0 radical (unpaired) electrons. The molecule has 1 unspecified atom stereocenters. The maximum atomic E-state index is 13.1. The second-order valence-corrected chi connectivity index (χ2v) is 7.65. The third kappa shape index (κ3) is 3.30. The van der Waals surface area contributed by atoms with Crippen molar-refractivity contribution in [3.63, 3.8) is 0 Å². The lowest BCUT2D eigenvalue weighted by Gasteiger charge is -2.37. The Kier molecular flexibility index (Phi) is 4.83. The zero-order valence-corrected chi connectivity index (χ0v) is 16.5. The van der Waals surface area contributed by atoms with Crippen molar-refractivity contribution in [3.8, 4) is 5.75 Å². The summed E-state index contributed by atoms with van der Waals surface area (Å²) in [5.41, 5.74) is 2.53. The van der Waals surface area contributed by atoms with E-state index in [4.69, 9.17) is 4.74 Å². The summed E-state index contributed by atoms with van der Waals surface area (Å²) >= 11 is 3.37. The second-order valence-electron chi connectivity index (χ2n) is 6.73. The number of carbonyl (C=O) groups is 2. The van der Waals surface area contributed by atoms with Gasteiger partial charge in [-0.2, -0.15) is 0 Å². The summed E-state index contributed by atoms with van der Waals surface area (Å²) in [6.07, 6.45) is 3.92. The van der Waals surface area contributed by atoms with Crippen LogP contribution >= 0.6 is 15.9 Å². The Morgan fingerprint density at radius 1 is 1.11 bits per heavy atom. The number of hydrogen-bond acceptors (Lipinski definition) is 4. The SMILES string of the molecule is COc1ccc(C2CC(=O)N(c3ccc(Br)cn3)C3=C2C(=O)CCC3)cc1. The largest absolute Gasteiger partial charge is 0.497 e. The zero-order valence-electron chi connectivity index (χ0n) is 14.9. The molecule has 138 valence electrons. The number of ether oxygens (including phenoxy) is 1. The molecule has 1 aromatic carbocycles. The molecule has 0 bridgehead atoms. The summed E-state index contributed by atoms with van der Waals surface area (Å²) in [4.78, 5) is 31.9. The normalized spacial score (nSPS) is 19.9. The molecule has 0 spiro atoms. The number of carbonyl (C=O) groups excluding carboxylic acids is 2. The lowest BCUT2D eigenvalue weighted by atomic mass is 9.77. The number of amides is 1. The Morgan fingerprint density at radius 2 is 1.89 bits per heavy atom. The maximum absolute atomic E-state index is 13.1. The van der Waals surface area contributed by atoms with Crippen LogP contribution < -0.4 is 9.64 Å². The van der Waals surface area contributed by atoms with Crippen LogP contribution in [0.4, 0.5) is 5.82 Å². The van der Waals surface area contributed by atoms with Gasteiger partial charge in [0.2, 0.25) is 5.91 Å². The van der Waals surface area contributed by atoms with Gasteiger partial charge in [-0.1, -0.05) is 12.1 Å². The number of aromatic nitrogens is 1. The quantitative estimate of drug-likeness (QED) is 0.730. The maximum Gasteiger partial charge on any atom is 0.233 e. The Balaban J connectivity index is 1.81. The number of methoxy groups -OCH3 is 1. The smallest absolute Gasteiger partial charge is 0.233 e. The predicted octanol–water partition coefficient (Wildman–Crippen LogP) is 4.38. The molecule has 1 amide bonds. The number of hydrogen-bond donors (Lipinski definition) is 0. The molecule has 2 heterocycles. The van der Waals surface area contributed by atoms with Crippen molar-refractivity contribution in [3.05, 3.63) is 63.9 Å². The van der Waals surface area contributed by atoms with Gasteiger partial charge in [-0.25, -0.2) is 4.98 Å². The van der Waals surface area contributed by atoms with Gasteiger partial charge in [-0.15, -0.1) is 0 Å². The molecule has 27 heavy (non-hydrogen) atoms. The topological polar surface area (TPSA) is 59.5 Å². The van der Waals surface area contributed by atoms with Crippen LogP contribution in [0.5, 0.6) is 5.75 Å². The minimum absolute atomic E-state index is 0.0286. The lowest BCUT2D eigenvalue weighted by molar-refractivity contribution is -0.120. The van der Waals surface area contributed by atoms with E-state index in [0.29, 0.717) is 18.7 Å². The Morgan fingerprint density at radius 3 is 2.56 bits per heavy atom. The summed E-state index contributed by atoms with van der Waals surface area (Å²) in [5.74, 6) is 1.22. The molecule has 0 saturated carbocycles. The van der Waals surface area contributed by atoms with E-state index >= 15 is 0 Å². The first-order valence-electron chi connectivity index (χ1n) is 8.93. The number of anilines is 1. The molecule has 4 rings (SSSR count). The van der Waals surface area contributed by atoms with Crippen molar-refractivity contribution in [1.29, 1.82) is 0 Å². The first kappa shape index (κ1) is 17.9. The minimum Gasteiger partial charge on any atom is -0.497 e. The summed E-state index contributed by atoms with van der Waals surface area (Å²) in [7, 11) is 1.62. The van der Waals surface area contributed by atoms with Crippen LogP contribution in [0.15, 0.2) is 58.3 Å². The van der Waals surface area contributed by atoms with E-state index in [0.717, 1.165) is 33.5 Å². The van der Waals surface area contributed by atoms with Gasteiger partial charge in [0.05, 0.1) is 7.11 Å². The average molecular weight is 427 g/mol.